The highest BCUT2D eigenvalue weighted by molar-refractivity contribution is 4.75. The first kappa shape index (κ1) is 10.6. The lowest BCUT2D eigenvalue weighted by Crippen LogP contribution is -2.41. The molecule has 0 aliphatic heterocycles. The average molecular weight is 159 g/mol. The predicted molar refractivity (Wildman–Crippen MR) is 45.4 cm³/mol. The third-order valence-corrected chi connectivity index (χ3v) is 1.37. The molecule has 66 valence electrons. The van der Waals surface area contributed by atoms with Crippen LogP contribution in [0, 0.1) is 0 Å². The van der Waals surface area contributed by atoms with E-state index in [4.69, 9.17) is 5.11 Å². The van der Waals surface area contributed by atoms with Crippen molar-refractivity contribution in [3.8, 4) is 0 Å². The highest BCUT2D eigenvalue weighted by atomic mass is 16.3. The van der Waals surface area contributed by atoms with Gasteiger partial charge in [-0.1, -0.05) is 6.08 Å². The largest absolute Gasteiger partial charge is 0.393 e. The van der Waals surface area contributed by atoms with Gasteiger partial charge in [-0.15, -0.1) is 6.58 Å². The monoisotopic (exact) mass is 159 g/mol. The van der Waals surface area contributed by atoms with Crippen molar-refractivity contribution in [1.29, 1.82) is 0 Å². The molecule has 0 heterocycles. The zero-order valence-electron chi connectivity index (χ0n) is 7.01. The second kappa shape index (κ2) is 5.29. The maximum atomic E-state index is 9.28. The maximum Gasteiger partial charge on any atom is 0.0972 e. The van der Waals surface area contributed by atoms with Gasteiger partial charge in [0.05, 0.1) is 12.2 Å². The fourth-order valence-electron chi connectivity index (χ4n) is 0.618. The first-order valence-electron chi connectivity index (χ1n) is 3.77. The molecule has 0 rings (SSSR count). The molecule has 3 N–H and O–H groups in total. The fraction of sp³-hybridized carbons (Fsp3) is 0.750. The number of nitrogens with one attached hydrogen (secondary N) is 1. The molecule has 0 amide bonds. The van der Waals surface area contributed by atoms with E-state index < -0.39 is 5.60 Å². The Labute approximate surface area is 67.7 Å². The summed E-state index contributed by atoms with van der Waals surface area (Å²) in [6.45, 7) is 6.15. The Hall–Kier alpha value is -0.380. The molecule has 0 spiro atoms. The average Bonchev–Trinajstić information content (AvgIpc) is 1.99. The van der Waals surface area contributed by atoms with Gasteiger partial charge in [0.25, 0.3) is 0 Å². The van der Waals surface area contributed by atoms with Crippen LogP contribution in [0.5, 0.6) is 0 Å². The third kappa shape index (κ3) is 6.04. The number of hydrogen-bond acceptors (Lipinski definition) is 3. The minimum absolute atomic E-state index is 0.214. The van der Waals surface area contributed by atoms with E-state index in [1.54, 1.807) is 13.0 Å². The standard InChI is InChI=1S/C8H17NO2/c1-3-4-5-9-6-8(2,11)7-10/h3,9-11H,1,4-7H2,2H3. The molecule has 11 heavy (non-hydrogen) atoms. The molecule has 0 aliphatic carbocycles. The van der Waals surface area contributed by atoms with E-state index >= 15 is 0 Å². The Balaban J connectivity index is 3.29. The molecule has 0 fully saturated rings. The van der Waals surface area contributed by atoms with Crippen LogP contribution in [0.15, 0.2) is 12.7 Å². The molecule has 0 radical (unpaired) electrons. The first-order chi connectivity index (χ1) is 5.12. The second-order valence-electron chi connectivity index (χ2n) is 2.91. The Kier molecular flexibility index (Phi) is 5.11. The summed E-state index contributed by atoms with van der Waals surface area (Å²) in [4.78, 5) is 0. The van der Waals surface area contributed by atoms with Gasteiger partial charge in [-0.3, -0.25) is 0 Å². The van der Waals surface area contributed by atoms with Gasteiger partial charge >= 0.3 is 0 Å². The molecular weight excluding hydrogens is 142 g/mol. The van der Waals surface area contributed by atoms with E-state index in [1.165, 1.54) is 0 Å². The Morgan fingerprint density at radius 3 is 2.73 bits per heavy atom. The van der Waals surface area contributed by atoms with Crippen molar-refractivity contribution in [2.45, 2.75) is 18.9 Å². The summed E-state index contributed by atoms with van der Waals surface area (Å²) in [6, 6.07) is 0. The van der Waals surface area contributed by atoms with Gasteiger partial charge in [-0.05, 0) is 19.9 Å². The molecule has 3 nitrogen and oxygen atoms in total. The van der Waals surface area contributed by atoms with Gasteiger partial charge in [0.2, 0.25) is 0 Å². The van der Waals surface area contributed by atoms with Crippen molar-refractivity contribution >= 4 is 0 Å². The molecular formula is C8H17NO2. The summed E-state index contributed by atoms with van der Waals surface area (Å²) in [6.07, 6.45) is 2.68. The van der Waals surface area contributed by atoms with Crippen LogP contribution in [-0.4, -0.2) is 35.5 Å². The van der Waals surface area contributed by atoms with Crippen molar-refractivity contribution in [1.82, 2.24) is 5.32 Å². The van der Waals surface area contributed by atoms with Crippen LogP contribution in [0.25, 0.3) is 0 Å². The zero-order chi connectivity index (χ0) is 8.74. The Bertz CT molecular complexity index is 113. The molecule has 0 aromatic carbocycles. The number of rotatable bonds is 6. The van der Waals surface area contributed by atoms with Gasteiger partial charge in [-0.2, -0.15) is 0 Å². The smallest absolute Gasteiger partial charge is 0.0972 e. The lowest BCUT2D eigenvalue weighted by Gasteiger charge is -2.20. The fourth-order valence-corrected chi connectivity index (χ4v) is 0.618. The molecule has 0 saturated heterocycles. The highest BCUT2D eigenvalue weighted by Crippen LogP contribution is 1.97. The van der Waals surface area contributed by atoms with Crippen molar-refractivity contribution in [3.05, 3.63) is 12.7 Å². The van der Waals surface area contributed by atoms with Gasteiger partial charge in [0, 0.05) is 6.54 Å². The summed E-state index contributed by atoms with van der Waals surface area (Å²) >= 11 is 0. The van der Waals surface area contributed by atoms with Crippen molar-refractivity contribution in [2.75, 3.05) is 19.7 Å². The van der Waals surface area contributed by atoms with Gasteiger partial charge in [-0.25, -0.2) is 0 Å². The normalized spacial score (nSPS) is 15.9. The van der Waals surface area contributed by atoms with Gasteiger partial charge in [0.15, 0.2) is 0 Å². The number of aliphatic hydroxyl groups is 2. The Morgan fingerprint density at radius 1 is 1.64 bits per heavy atom. The minimum atomic E-state index is -0.999. The van der Waals surface area contributed by atoms with Crippen molar-refractivity contribution in [2.24, 2.45) is 0 Å². The molecule has 0 bridgehead atoms. The quantitative estimate of drug-likeness (QED) is 0.374. The van der Waals surface area contributed by atoms with E-state index in [1.807, 2.05) is 0 Å². The van der Waals surface area contributed by atoms with Crippen LogP contribution in [0.4, 0.5) is 0 Å². The van der Waals surface area contributed by atoms with Crippen LogP contribution in [0.1, 0.15) is 13.3 Å². The second-order valence-corrected chi connectivity index (χ2v) is 2.91. The summed E-state index contributed by atoms with van der Waals surface area (Å²) in [7, 11) is 0. The van der Waals surface area contributed by atoms with Gasteiger partial charge in [0.1, 0.15) is 0 Å². The van der Waals surface area contributed by atoms with Crippen molar-refractivity contribution in [3.63, 3.8) is 0 Å². The molecule has 0 aromatic heterocycles. The van der Waals surface area contributed by atoms with Crippen LogP contribution >= 0.6 is 0 Å². The Morgan fingerprint density at radius 2 is 2.27 bits per heavy atom. The van der Waals surface area contributed by atoms with Crippen LogP contribution in [-0.2, 0) is 0 Å². The zero-order valence-corrected chi connectivity index (χ0v) is 7.01. The van der Waals surface area contributed by atoms with E-state index in [0.29, 0.717) is 6.54 Å². The molecule has 0 aromatic rings. The minimum Gasteiger partial charge on any atom is -0.393 e. The van der Waals surface area contributed by atoms with Crippen LogP contribution in [0.3, 0.4) is 0 Å². The van der Waals surface area contributed by atoms with Crippen LogP contribution < -0.4 is 5.32 Å². The molecule has 0 aliphatic rings. The molecule has 3 heteroatoms. The first-order valence-corrected chi connectivity index (χ1v) is 3.77. The lowest BCUT2D eigenvalue weighted by molar-refractivity contribution is 0.00302. The van der Waals surface area contributed by atoms with E-state index in [-0.39, 0.29) is 6.61 Å². The molecule has 0 saturated carbocycles. The summed E-state index contributed by atoms with van der Waals surface area (Å²) in [5, 5.41) is 20.9. The van der Waals surface area contributed by atoms with Gasteiger partial charge < -0.3 is 15.5 Å². The summed E-state index contributed by atoms with van der Waals surface area (Å²) < 4.78 is 0. The summed E-state index contributed by atoms with van der Waals surface area (Å²) in [5.41, 5.74) is -0.999. The van der Waals surface area contributed by atoms with Crippen molar-refractivity contribution < 1.29 is 10.2 Å². The van der Waals surface area contributed by atoms with E-state index in [2.05, 4.69) is 11.9 Å². The number of hydrogen-bond donors (Lipinski definition) is 3. The maximum absolute atomic E-state index is 9.28. The number of aliphatic hydroxyl groups excluding tert-OH is 1. The lowest BCUT2D eigenvalue weighted by atomic mass is 10.1. The summed E-state index contributed by atoms with van der Waals surface area (Å²) in [5.74, 6) is 0. The highest BCUT2D eigenvalue weighted by Gasteiger charge is 2.17. The van der Waals surface area contributed by atoms with E-state index in [9.17, 15) is 5.11 Å². The molecule has 1 atom stereocenters. The van der Waals surface area contributed by atoms with Crippen LogP contribution in [0.2, 0.25) is 0 Å². The predicted octanol–water partition coefficient (Wildman–Crippen LogP) is -0.105. The molecule has 1 unspecified atom stereocenters. The van der Waals surface area contributed by atoms with E-state index in [0.717, 1.165) is 13.0 Å². The third-order valence-electron chi connectivity index (χ3n) is 1.37. The SMILES string of the molecule is C=CCCNCC(C)(O)CO. The topological polar surface area (TPSA) is 52.5 Å².